The average Bonchev–Trinajstić information content (AvgIpc) is 2.59. The number of para-hydroxylation sites is 1. The largest absolute Gasteiger partial charge is 0.452 e. The summed E-state index contributed by atoms with van der Waals surface area (Å²) in [7, 11) is 0. The van der Waals surface area contributed by atoms with Crippen molar-refractivity contribution in [1.29, 1.82) is 0 Å². The number of hydrogen-bond donors (Lipinski definition) is 1. The normalized spacial score (nSPS) is 11.0. The molecule has 112 valence electrons. The minimum Gasteiger partial charge on any atom is -0.452 e. The Hall–Kier alpha value is -2.78. The molecule has 0 spiro atoms. The van der Waals surface area contributed by atoms with Gasteiger partial charge in [0.05, 0.1) is 10.9 Å². The third-order valence-corrected chi connectivity index (χ3v) is 4.09. The maximum Gasteiger partial charge on any atom is 0.231 e. The van der Waals surface area contributed by atoms with Crippen molar-refractivity contribution in [2.45, 2.75) is 0 Å². The number of ether oxygens (including phenoxy) is 1. The van der Waals surface area contributed by atoms with Crippen molar-refractivity contribution in [1.82, 2.24) is 4.98 Å². The molecule has 23 heavy (non-hydrogen) atoms. The highest BCUT2D eigenvalue weighted by Gasteiger charge is 2.12. The zero-order valence-electron chi connectivity index (χ0n) is 12.0. The van der Waals surface area contributed by atoms with Crippen LogP contribution in [0.3, 0.4) is 0 Å². The second-order valence-electron chi connectivity index (χ2n) is 5.22. The smallest absolute Gasteiger partial charge is 0.231 e. The van der Waals surface area contributed by atoms with E-state index in [1.807, 2.05) is 42.5 Å². The Bertz CT molecular complexity index is 1070. The Morgan fingerprint density at radius 3 is 2.35 bits per heavy atom. The second kappa shape index (κ2) is 5.45. The van der Waals surface area contributed by atoms with Crippen molar-refractivity contribution >= 4 is 33.3 Å². The van der Waals surface area contributed by atoms with E-state index in [1.165, 1.54) is 0 Å². The first kappa shape index (κ1) is 13.9. The molecule has 0 radical (unpaired) electrons. The molecule has 4 heteroatoms. The Morgan fingerprint density at radius 1 is 0.870 bits per heavy atom. The van der Waals surface area contributed by atoms with Gasteiger partial charge in [0.1, 0.15) is 5.75 Å². The van der Waals surface area contributed by atoms with Gasteiger partial charge in [-0.3, -0.25) is 4.79 Å². The van der Waals surface area contributed by atoms with E-state index in [4.69, 9.17) is 16.3 Å². The zero-order chi connectivity index (χ0) is 15.8. The van der Waals surface area contributed by atoms with Gasteiger partial charge in [0.2, 0.25) is 5.43 Å². The fourth-order valence-electron chi connectivity index (χ4n) is 2.69. The summed E-state index contributed by atoms with van der Waals surface area (Å²) in [5.41, 5.74) is 0.575. The van der Waals surface area contributed by atoms with Crippen LogP contribution in [-0.4, -0.2) is 4.98 Å². The molecule has 4 aromatic rings. The summed E-state index contributed by atoms with van der Waals surface area (Å²) < 4.78 is 5.68. The topological polar surface area (TPSA) is 42.1 Å². The molecular weight excluding hydrogens is 310 g/mol. The number of aromatic amines is 1. The fourth-order valence-corrected chi connectivity index (χ4v) is 2.97. The quantitative estimate of drug-likeness (QED) is 0.520. The number of H-pyrrole nitrogens is 1. The standard InChI is InChI=1S/C19H12ClNO2/c20-16-10-15-18(14-9-5-4-8-13(14)16)21-11-17(19(15)22)23-12-6-2-1-3-7-12/h1-11H,(H,21,22). The SMILES string of the molecule is O=c1c(Oc2ccccc2)c[nH]c2c1cc(Cl)c1ccccc12. The van der Waals surface area contributed by atoms with Gasteiger partial charge in [-0.25, -0.2) is 0 Å². The Balaban J connectivity index is 1.95. The summed E-state index contributed by atoms with van der Waals surface area (Å²) in [5, 5.41) is 2.89. The molecule has 0 fully saturated rings. The van der Waals surface area contributed by atoms with Crippen LogP contribution in [0.15, 0.2) is 71.7 Å². The summed E-state index contributed by atoms with van der Waals surface area (Å²) in [6, 6.07) is 18.6. The molecule has 0 aliphatic rings. The Morgan fingerprint density at radius 2 is 1.57 bits per heavy atom. The molecule has 0 unspecified atom stereocenters. The molecular formula is C19H12ClNO2. The van der Waals surface area contributed by atoms with Crippen LogP contribution in [-0.2, 0) is 0 Å². The van der Waals surface area contributed by atoms with Crippen molar-refractivity contribution in [2.75, 3.05) is 0 Å². The molecule has 1 aromatic heterocycles. The lowest BCUT2D eigenvalue weighted by Crippen LogP contribution is -2.06. The highest BCUT2D eigenvalue weighted by atomic mass is 35.5. The lowest BCUT2D eigenvalue weighted by molar-refractivity contribution is 0.477. The first-order valence-corrected chi connectivity index (χ1v) is 7.57. The summed E-state index contributed by atoms with van der Waals surface area (Å²) >= 11 is 6.33. The van der Waals surface area contributed by atoms with Crippen molar-refractivity contribution in [2.24, 2.45) is 0 Å². The van der Waals surface area contributed by atoms with Crippen LogP contribution >= 0.6 is 11.6 Å². The Labute approximate surface area is 137 Å². The van der Waals surface area contributed by atoms with Crippen LogP contribution in [0.1, 0.15) is 0 Å². The molecule has 3 nitrogen and oxygen atoms in total. The van der Waals surface area contributed by atoms with Crippen LogP contribution in [0.2, 0.25) is 5.02 Å². The predicted octanol–water partition coefficient (Wildman–Crippen LogP) is 5.13. The third-order valence-electron chi connectivity index (χ3n) is 3.78. The highest BCUT2D eigenvalue weighted by Crippen LogP contribution is 2.30. The summed E-state index contributed by atoms with van der Waals surface area (Å²) in [5.74, 6) is 0.860. The van der Waals surface area contributed by atoms with Crippen molar-refractivity contribution < 1.29 is 4.74 Å². The molecule has 1 N–H and O–H groups in total. The van der Waals surface area contributed by atoms with E-state index in [0.717, 1.165) is 16.3 Å². The van der Waals surface area contributed by atoms with E-state index >= 15 is 0 Å². The predicted molar refractivity (Wildman–Crippen MR) is 93.6 cm³/mol. The lowest BCUT2D eigenvalue weighted by atomic mass is 10.1. The van der Waals surface area contributed by atoms with Crippen LogP contribution < -0.4 is 10.2 Å². The Kier molecular flexibility index (Phi) is 3.28. The molecule has 1 heterocycles. The third kappa shape index (κ3) is 2.35. The molecule has 0 atom stereocenters. The van der Waals surface area contributed by atoms with Gasteiger partial charge in [-0.1, -0.05) is 54.1 Å². The van der Waals surface area contributed by atoms with E-state index < -0.39 is 0 Å². The average molecular weight is 322 g/mol. The number of aromatic nitrogens is 1. The van der Waals surface area contributed by atoms with Gasteiger partial charge in [0, 0.05) is 22.0 Å². The number of halogens is 1. The lowest BCUT2D eigenvalue weighted by Gasteiger charge is -2.09. The van der Waals surface area contributed by atoms with Crippen LogP contribution in [0, 0.1) is 0 Å². The maximum absolute atomic E-state index is 12.7. The van der Waals surface area contributed by atoms with Crippen molar-refractivity contribution in [3.8, 4) is 11.5 Å². The van der Waals surface area contributed by atoms with E-state index in [1.54, 1.807) is 24.4 Å². The molecule has 3 aromatic carbocycles. The van der Waals surface area contributed by atoms with Crippen LogP contribution in [0.4, 0.5) is 0 Å². The molecule has 0 amide bonds. The van der Waals surface area contributed by atoms with Gasteiger partial charge in [-0.05, 0) is 18.2 Å². The van der Waals surface area contributed by atoms with Crippen LogP contribution in [0.5, 0.6) is 11.5 Å². The number of benzene rings is 3. The summed E-state index contributed by atoms with van der Waals surface area (Å²) in [6.45, 7) is 0. The van der Waals surface area contributed by atoms with E-state index in [0.29, 0.717) is 16.2 Å². The second-order valence-corrected chi connectivity index (χ2v) is 5.63. The number of rotatable bonds is 2. The summed E-state index contributed by atoms with van der Waals surface area (Å²) in [6.07, 6.45) is 1.60. The maximum atomic E-state index is 12.7. The number of hydrogen-bond acceptors (Lipinski definition) is 2. The number of nitrogens with one attached hydrogen (secondary N) is 1. The van der Waals surface area contributed by atoms with Gasteiger partial charge in [-0.15, -0.1) is 0 Å². The molecule has 0 aliphatic heterocycles. The summed E-state index contributed by atoms with van der Waals surface area (Å²) in [4.78, 5) is 15.9. The molecule has 4 rings (SSSR count). The first-order valence-electron chi connectivity index (χ1n) is 7.19. The van der Waals surface area contributed by atoms with Crippen molar-refractivity contribution in [3.05, 3.63) is 82.1 Å². The first-order chi connectivity index (χ1) is 11.2. The van der Waals surface area contributed by atoms with Gasteiger partial charge in [-0.2, -0.15) is 0 Å². The number of pyridine rings is 1. The van der Waals surface area contributed by atoms with Crippen molar-refractivity contribution in [3.63, 3.8) is 0 Å². The van der Waals surface area contributed by atoms with E-state index in [-0.39, 0.29) is 11.2 Å². The van der Waals surface area contributed by atoms with Gasteiger partial charge in [0.15, 0.2) is 5.75 Å². The van der Waals surface area contributed by atoms with Gasteiger partial charge >= 0.3 is 0 Å². The van der Waals surface area contributed by atoms with E-state index in [9.17, 15) is 4.79 Å². The molecule has 0 aliphatic carbocycles. The zero-order valence-corrected chi connectivity index (χ0v) is 12.8. The highest BCUT2D eigenvalue weighted by molar-refractivity contribution is 6.37. The molecule has 0 bridgehead atoms. The number of fused-ring (bicyclic) bond motifs is 3. The molecule has 0 saturated heterocycles. The van der Waals surface area contributed by atoms with Gasteiger partial charge < -0.3 is 9.72 Å². The minimum absolute atomic E-state index is 0.185. The van der Waals surface area contributed by atoms with E-state index in [2.05, 4.69) is 4.98 Å². The van der Waals surface area contributed by atoms with Crippen LogP contribution in [0.25, 0.3) is 21.7 Å². The fraction of sp³-hybridized carbons (Fsp3) is 0. The molecule has 0 saturated carbocycles. The van der Waals surface area contributed by atoms with Gasteiger partial charge in [0.25, 0.3) is 0 Å². The monoisotopic (exact) mass is 321 g/mol. The minimum atomic E-state index is -0.185.